The molecule has 2 N–H and O–H groups in total. The van der Waals surface area contributed by atoms with E-state index in [0.717, 1.165) is 11.1 Å². The molecule has 0 fully saturated rings. The highest BCUT2D eigenvalue weighted by Crippen LogP contribution is 2.26. The lowest BCUT2D eigenvalue weighted by molar-refractivity contribution is -0.117. The number of rotatable bonds is 7. The number of aryl methyl sites for hydroxylation is 1. The number of para-hydroxylation sites is 2. The van der Waals surface area contributed by atoms with E-state index in [2.05, 4.69) is 10.6 Å². The van der Waals surface area contributed by atoms with Gasteiger partial charge in [0.15, 0.2) is 0 Å². The van der Waals surface area contributed by atoms with Gasteiger partial charge in [0.1, 0.15) is 5.75 Å². The molecule has 0 aliphatic carbocycles. The van der Waals surface area contributed by atoms with Crippen molar-refractivity contribution < 1.29 is 14.3 Å². The fraction of sp³-hybridized carbons (Fsp3) is 0.200. The third kappa shape index (κ3) is 5.06. The molecule has 0 aromatic heterocycles. The predicted molar refractivity (Wildman–Crippen MR) is 120 cm³/mol. The van der Waals surface area contributed by atoms with Crippen LogP contribution in [0.2, 0.25) is 0 Å². The first kappa shape index (κ1) is 21.1. The normalized spacial score (nSPS) is 11.4. The van der Waals surface area contributed by atoms with Gasteiger partial charge in [0.2, 0.25) is 5.91 Å². The van der Waals surface area contributed by atoms with Crippen LogP contribution in [0.3, 0.4) is 0 Å². The maximum absolute atomic E-state index is 12.8. The van der Waals surface area contributed by atoms with Crippen LogP contribution in [0, 0.1) is 6.92 Å². The Hall–Kier alpha value is -3.60. The van der Waals surface area contributed by atoms with Crippen LogP contribution in [-0.4, -0.2) is 18.4 Å². The van der Waals surface area contributed by atoms with Gasteiger partial charge < -0.3 is 15.4 Å². The Morgan fingerprint density at radius 3 is 2.33 bits per heavy atom. The van der Waals surface area contributed by atoms with E-state index in [-0.39, 0.29) is 17.7 Å². The van der Waals surface area contributed by atoms with Crippen LogP contribution >= 0.6 is 0 Å². The summed E-state index contributed by atoms with van der Waals surface area (Å²) in [5, 5.41) is 5.84. The molecular formula is C25H26N2O3. The van der Waals surface area contributed by atoms with E-state index in [9.17, 15) is 9.59 Å². The van der Waals surface area contributed by atoms with Crippen molar-refractivity contribution >= 4 is 23.2 Å². The van der Waals surface area contributed by atoms with Crippen LogP contribution < -0.4 is 15.4 Å². The van der Waals surface area contributed by atoms with Crippen molar-refractivity contribution in [2.24, 2.45) is 0 Å². The first-order chi connectivity index (χ1) is 14.5. The molecule has 0 saturated heterocycles. The highest BCUT2D eigenvalue weighted by molar-refractivity contribution is 6.06. The van der Waals surface area contributed by atoms with E-state index < -0.39 is 0 Å². The highest BCUT2D eigenvalue weighted by atomic mass is 16.5. The molecule has 2 amide bonds. The Morgan fingerprint density at radius 2 is 1.60 bits per heavy atom. The van der Waals surface area contributed by atoms with E-state index in [4.69, 9.17) is 4.74 Å². The van der Waals surface area contributed by atoms with Crippen LogP contribution in [-0.2, 0) is 4.79 Å². The van der Waals surface area contributed by atoms with E-state index in [0.29, 0.717) is 29.3 Å². The van der Waals surface area contributed by atoms with Crippen molar-refractivity contribution in [2.75, 3.05) is 17.2 Å². The van der Waals surface area contributed by atoms with Crippen molar-refractivity contribution in [2.45, 2.75) is 26.7 Å². The molecule has 0 aliphatic rings. The molecule has 0 bridgehead atoms. The van der Waals surface area contributed by atoms with Gasteiger partial charge in [-0.25, -0.2) is 0 Å². The highest BCUT2D eigenvalue weighted by Gasteiger charge is 2.17. The Bertz CT molecular complexity index is 1030. The molecule has 3 aromatic rings. The van der Waals surface area contributed by atoms with Crippen molar-refractivity contribution in [3.05, 3.63) is 89.5 Å². The predicted octanol–water partition coefficient (Wildman–Crippen LogP) is 5.39. The van der Waals surface area contributed by atoms with Gasteiger partial charge in [-0.05, 0) is 56.2 Å². The first-order valence-electron chi connectivity index (χ1n) is 9.99. The summed E-state index contributed by atoms with van der Waals surface area (Å²) in [6.45, 7) is 6.16. The Kier molecular flexibility index (Phi) is 6.86. The van der Waals surface area contributed by atoms with Crippen molar-refractivity contribution in [3.63, 3.8) is 0 Å². The Labute approximate surface area is 177 Å². The van der Waals surface area contributed by atoms with Gasteiger partial charge >= 0.3 is 0 Å². The molecule has 0 saturated carbocycles. The summed E-state index contributed by atoms with van der Waals surface area (Å²) in [4.78, 5) is 25.5. The Balaban J connectivity index is 1.76. The van der Waals surface area contributed by atoms with Gasteiger partial charge in [0, 0.05) is 11.3 Å². The van der Waals surface area contributed by atoms with Crippen molar-refractivity contribution in [1.82, 2.24) is 0 Å². The second kappa shape index (κ2) is 9.74. The number of amides is 2. The zero-order valence-corrected chi connectivity index (χ0v) is 17.4. The van der Waals surface area contributed by atoms with Gasteiger partial charge in [-0.1, -0.05) is 48.5 Å². The fourth-order valence-corrected chi connectivity index (χ4v) is 3.08. The van der Waals surface area contributed by atoms with E-state index in [1.165, 1.54) is 0 Å². The largest absolute Gasteiger partial charge is 0.492 e. The molecule has 3 aromatic carbocycles. The molecular weight excluding hydrogens is 376 g/mol. The monoisotopic (exact) mass is 402 g/mol. The lowest BCUT2D eigenvalue weighted by Gasteiger charge is -2.15. The fourth-order valence-electron chi connectivity index (χ4n) is 3.08. The number of benzene rings is 3. The van der Waals surface area contributed by atoms with Crippen LogP contribution in [0.4, 0.5) is 11.4 Å². The summed E-state index contributed by atoms with van der Waals surface area (Å²) < 4.78 is 5.57. The average Bonchev–Trinajstić information content (AvgIpc) is 2.76. The third-order valence-corrected chi connectivity index (χ3v) is 4.89. The van der Waals surface area contributed by atoms with Crippen LogP contribution in [0.15, 0.2) is 72.8 Å². The van der Waals surface area contributed by atoms with Crippen LogP contribution in [0.25, 0.3) is 0 Å². The first-order valence-corrected chi connectivity index (χ1v) is 9.99. The van der Waals surface area contributed by atoms with Crippen LogP contribution in [0.1, 0.15) is 41.3 Å². The lowest BCUT2D eigenvalue weighted by Crippen LogP contribution is -2.20. The van der Waals surface area contributed by atoms with E-state index in [1.807, 2.05) is 75.4 Å². The van der Waals surface area contributed by atoms with Crippen molar-refractivity contribution in [3.8, 4) is 5.75 Å². The maximum Gasteiger partial charge on any atom is 0.255 e. The van der Waals surface area contributed by atoms with Gasteiger partial charge in [0.25, 0.3) is 5.91 Å². The van der Waals surface area contributed by atoms with Crippen molar-refractivity contribution in [1.29, 1.82) is 0 Å². The second-order valence-corrected chi connectivity index (χ2v) is 7.03. The summed E-state index contributed by atoms with van der Waals surface area (Å²) >= 11 is 0. The molecule has 30 heavy (non-hydrogen) atoms. The van der Waals surface area contributed by atoms with Crippen LogP contribution in [0.5, 0.6) is 5.75 Å². The number of anilines is 2. The number of carbonyl (C=O) groups is 2. The Morgan fingerprint density at radius 1 is 0.900 bits per heavy atom. The summed E-state index contributed by atoms with van der Waals surface area (Å²) in [5.41, 5.74) is 3.50. The molecule has 3 rings (SSSR count). The molecule has 5 heteroatoms. The van der Waals surface area contributed by atoms with Gasteiger partial charge in [-0.3, -0.25) is 9.59 Å². The third-order valence-electron chi connectivity index (χ3n) is 4.89. The molecule has 5 nitrogen and oxygen atoms in total. The minimum atomic E-state index is -0.304. The number of ether oxygens (including phenoxy) is 1. The summed E-state index contributed by atoms with van der Waals surface area (Å²) in [6.07, 6.45) is 0. The number of carbonyl (C=O) groups excluding carboxylic acids is 2. The van der Waals surface area contributed by atoms with Gasteiger partial charge in [-0.15, -0.1) is 0 Å². The molecule has 0 spiro atoms. The topological polar surface area (TPSA) is 67.4 Å². The zero-order chi connectivity index (χ0) is 21.5. The van der Waals surface area contributed by atoms with E-state index in [1.54, 1.807) is 18.2 Å². The number of hydrogen-bond acceptors (Lipinski definition) is 3. The standard InChI is InChI=1S/C25H26N2O3/c1-4-30-23-13-9-8-12-21(23)26-25(29)20-15-14-17(2)22(16-20)27-24(28)18(3)19-10-6-5-7-11-19/h5-16,18H,4H2,1-3H3,(H,26,29)(H,27,28)/t18-/m0/s1. The maximum atomic E-state index is 12.8. The summed E-state index contributed by atoms with van der Waals surface area (Å²) in [5.74, 6) is -0.0795. The number of hydrogen-bond donors (Lipinski definition) is 2. The quantitative estimate of drug-likeness (QED) is 0.557. The zero-order valence-electron chi connectivity index (χ0n) is 17.4. The molecule has 0 heterocycles. The summed E-state index contributed by atoms with van der Waals surface area (Å²) in [7, 11) is 0. The second-order valence-electron chi connectivity index (χ2n) is 7.03. The molecule has 1 atom stereocenters. The van der Waals surface area contributed by atoms with E-state index >= 15 is 0 Å². The number of nitrogens with one attached hydrogen (secondary N) is 2. The summed E-state index contributed by atoms with van der Waals surface area (Å²) in [6, 6.07) is 22.2. The minimum Gasteiger partial charge on any atom is -0.492 e. The lowest BCUT2D eigenvalue weighted by atomic mass is 10.00. The molecule has 154 valence electrons. The average molecular weight is 402 g/mol. The molecule has 0 radical (unpaired) electrons. The van der Waals surface area contributed by atoms with Gasteiger partial charge in [-0.2, -0.15) is 0 Å². The SMILES string of the molecule is CCOc1ccccc1NC(=O)c1ccc(C)c(NC(=O)[C@@H](C)c2ccccc2)c1. The minimum absolute atomic E-state index is 0.122. The smallest absolute Gasteiger partial charge is 0.255 e. The van der Waals surface area contributed by atoms with Gasteiger partial charge in [0.05, 0.1) is 18.2 Å². The molecule has 0 unspecified atom stereocenters. The molecule has 0 aliphatic heterocycles.